The summed E-state index contributed by atoms with van der Waals surface area (Å²) in [6, 6.07) is 0. The van der Waals surface area contributed by atoms with E-state index in [1.807, 2.05) is 6.92 Å². The Kier molecular flexibility index (Phi) is 20.3. The molecule has 0 saturated heterocycles. The van der Waals surface area contributed by atoms with Crippen molar-refractivity contribution in [1.82, 2.24) is 0 Å². The van der Waals surface area contributed by atoms with Gasteiger partial charge in [-0.2, -0.15) is 0 Å². The molecule has 0 spiro atoms. The lowest BCUT2D eigenvalue weighted by atomic mass is 10.1. The van der Waals surface area contributed by atoms with Gasteiger partial charge in [-0.1, -0.05) is 69.9 Å². The van der Waals surface area contributed by atoms with E-state index in [1.54, 1.807) is 0 Å². The molecule has 0 radical (unpaired) electrons. The van der Waals surface area contributed by atoms with Crippen molar-refractivity contribution in [2.75, 3.05) is 26.4 Å². The molecule has 212 valence electrons. The van der Waals surface area contributed by atoms with Gasteiger partial charge in [0, 0.05) is 0 Å². The predicted octanol–water partition coefficient (Wildman–Crippen LogP) is 9.76. The topological polar surface area (TPSA) is 36.9 Å². The summed E-state index contributed by atoms with van der Waals surface area (Å²) in [7, 11) is 0. The molecule has 0 bridgehead atoms. The van der Waals surface area contributed by atoms with Crippen LogP contribution in [0.5, 0.6) is 0 Å². The van der Waals surface area contributed by atoms with Gasteiger partial charge < -0.3 is 4.74 Å². The maximum Gasteiger partial charge on any atom is 0.413 e. The van der Waals surface area contributed by atoms with Gasteiger partial charge in [-0.25, -0.2) is 0 Å². The quantitative estimate of drug-likeness (QED) is 0.119. The van der Waals surface area contributed by atoms with Gasteiger partial charge in [-0.3, -0.25) is 14.2 Å². The third-order valence-corrected chi connectivity index (χ3v) is 5.67. The second-order valence-electron chi connectivity index (χ2n) is 10.5. The number of hydrogen-bond donors (Lipinski definition) is 0. The van der Waals surface area contributed by atoms with E-state index < -0.39 is 6.16 Å². The fraction of sp³-hybridized carbons (Fsp3) is 0.636. The zero-order chi connectivity index (χ0) is 28.1. The number of ether oxygens (including phenoxy) is 4. The van der Waals surface area contributed by atoms with Crippen molar-refractivity contribution in [2.24, 2.45) is 0 Å². The molecule has 4 heteroatoms. The van der Waals surface area contributed by atoms with Gasteiger partial charge in [0.05, 0.1) is 26.4 Å². The van der Waals surface area contributed by atoms with Crippen LogP contribution in [0, 0.1) is 0 Å². The van der Waals surface area contributed by atoms with E-state index in [-0.39, 0.29) is 0 Å². The fourth-order valence-corrected chi connectivity index (χ4v) is 3.36. The van der Waals surface area contributed by atoms with Crippen LogP contribution in [0.1, 0.15) is 108 Å². The minimum Gasteiger partial charge on any atom is -0.304 e. The molecule has 0 aliphatic rings. The molecular weight excluding hydrogens is 460 g/mol. The summed E-state index contributed by atoms with van der Waals surface area (Å²) >= 11 is 0. The Balaban J connectivity index is 5.34. The van der Waals surface area contributed by atoms with Gasteiger partial charge in [0.2, 0.25) is 0 Å². The third-order valence-electron chi connectivity index (χ3n) is 5.67. The Morgan fingerprint density at radius 1 is 0.459 bits per heavy atom. The maximum absolute atomic E-state index is 6.12. The van der Waals surface area contributed by atoms with E-state index in [1.165, 1.54) is 33.4 Å². The van der Waals surface area contributed by atoms with Crippen molar-refractivity contribution in [1.29, 1.82) is 0 Å². The van der Waals surface area contributed by atoms with Gasteiger partial charge in [0.15, 0.2) is 0 Å². The molecule has 37 heavy (non-hydrogen) atoms. The summed E-state index contributed by atoms with van der Waals surface area (Å²) < 4.78 is 24.3. The summed E-state index contributed by atoms with van der Waals surface area (Å²) in [6.45, 7) is 22.5. The van der Waals surface area contributed by atoms with Crippen molar-refractivity contribution in [2.45, 2.75) is 114 Å². The molecule has 0 unspecified atom stereocenters. The molecule has 0 aromatic carbocycles. The highest BCUT2D eigenvalue weighted by Gasteiger charge is 2.34. The van der Waals surface area contributed by atoms with Crippen LogP contribution in [0.15, 0.2) is 69.9 Å². The summed E-state index contributed by atoms with van der Waals surface area (Å²) in [4.78, 5) is 0. The van der Waals surface area contributed by atoms with Crippen molar-refractivity contribution in [3.8, 4) is 0 Å². The fourth-order valence-electron chi connectivity index (χ4n) is 3.36. The minimum atomic E-state index is -1.54. The molecule has 0 amide bonds. The maximum atomic E-state index is 6.12. The first-order valence-corrected chi connectivity index (χ1v) is 13.9. The van der Waals surface area contributed by atoms with Gasteiger partial charge in [0.1, 0.15) is 0 Å². The Labute approximate surface area is 229 Å². The lowest BCUT2D eigenvalue weighted by Gasteiger charge is -2.31. The van der Waals surface area contributed by atoms with Crippen molar-refractivity contribution >= 4 is 0 Å². The summed E-state index contributed by atoms with van der Waals surface area (Å²) in [5.74, 6) is 0. The molecule has 0 saturated carbocycles. The van der Waals surface area contributed by atoms with E-state index in [4.69, 9.17) is 18.9 Å². The monoisotopic (exact) mass is 516 g/mol. The lowest BCUT2D eigenvalue weighted by molar-refractivity contribution is -0.491. The van der Waals surface area contributed by atoms with Gasteiger partial charge in [-0.05, 0) is 108 Å². The summed E-state index contributed by atoms with van der Waals surface area (Å²) in [5.41, 5.74) is 7.84. The summed E-state index contributed by atoms with van der Waals surface area (Å²) in [5, 5.41) is 0. The van der Waals surface area contributed by atoms with E-state index in [2.05, 4.69) is 98.8 Å². The van der Waals surface area contributed by atoms with Crippen LogP contribution in [0.2, 0.25) is 0 Å². The largest absolute Gasteiger partial charge is 0.413 e. The Hall–Kier alpha value is -1.72. The third kappa shape index (κ3) is 21.0. The first-order chi connectivity index (χ1) is 17.5. The second kappa shape index (κ2) is 21.2. The Morgan fingerprint density at radius 2 is 0.757 bits per heavy atom. The molecule has 4 nitrogen and oxygen atoms in total. The molecule has 0 aliphatic carbocycles. The van der Waals surface area contributed by atoms with Crippen molar-refractivity contribution < 1.29 is 18.9 Å². The predicted molar refractivity (Wildman–Crippen MR) is 159 cm³/mol. The number of rotatable bonds is 20. The van der Waals surface area contributed by atoms with Crippen LogP contribution in [0.4, 0.5) is 0 Å². The average Bonchev–Trinajstić information content (AvgIpc) is 2.78. The first-order valence-electron chi connectivity index (χ1n) is 13.9. The molecule has 0 atom stereocenters. The van der Waals surface area contributed by atoms with Crippen molar-refractivity contribution in [3.05, 3.63) is 69.9 Å². The van der Waals surface area contributed by atoms with Crippen LogP contribution in [0.3, 0.4) is 0 Å². The number of allylic oxidation sites excluding steroid dienone is 9. The highest BCUT2D eigenvalue weighted by atomic mass is 17.0. The first kappa shape index (κ1) is 35.3. The Bertz CT molecular complexity index is 694. The zero-order valence-electron chi connectivity index (χ0n) is 25.7. The molecule has 0 N–H and O–H groups in total. The normalized spacial score (nSPS) is 14.3. The molecule has 0 aliphatic heterocycles. The molecule has 0 heterocycles. The minimum absolute atomic E-state index is 0.354. The SMILES string of the molecule is CCOC(OCC=C(C)CCC=C(C)C)(OCC=C(C)CCC=C(C)C)OCC=C(C)CCC=C(C)C. The van der Waals surface area contributed by atoms with E-state index in [0.717, 1.165) is 38.5 Å². The molecule has 0 fully saturated rings. The highest BCUT2D eigenvalue weighted by Crippen LogP contribution is 2.20. The summed E-state index contributed by atoms with van der Waals surface area (Å²) in [6.07, 6.45) is 17.6. The zero-order valence-corrected chi connectivity index (χ0v) is 25.7. The van der Waals surface area contributed by atoms with Crippen LogP contribution >= 0.6 is 0 Å². The van der Waals surface area contributed by atoms with Crippen LogP contribution < -0.4 is 0 Å². The molecule has 0 rings (SSSR count). The average molecular weight is 517 g/mol. The molecule has 0 aromatic heterocycles. The van der Waals surface area contributed by atoms with E-state index in [0.29, 0.717) is 26.4 Å². The van der Waals surface area contributed by atoms with Crippen LogP contribution in [-0.4, -0.2) is 32.6 Å². The lowest BCUT2D eigenvalue weighted by Crippen LogP contribution is -2.42. The standard InChI is InChI=1S/C33H56O4/c1-11-34-33(35-24-21-30(8)18-12-15-27(2)3,36-25-22-31(9)19-13-16-28(4)5)37-26-23-32(10)20-14-17-29(6)7/h15-17,21-23H,11-14,18-20,24-26H2,1-10H3. The van der Waals surface area contributed by atoms with Gasteiger partial charge >= 0.3 is 6.16 Å². The van der Waals surface area contributed by atoms with Crippen molar-refractivity contribution in [3.63, 3.8) is 0 Å². The number of hydrogen-bond acceptors (Lipinski definition) is 4. The van der Waals surface area contributed by atoms with Gasteiger partial charge in [-0.15, -0.1) is 0 Å². The highest BCUT2D eigenvalue weighted by molar-refractivity contribution is 5.04. The second-order valence-corrected chi connectivity index (χ2v) is 10.5. The van der Waals surface area contributed by atoms with Crippen LogP contribution in [0.25, 0.3) is 0 Å². The smallest absolute Gasteiger partial charge is 0.304 e. The van der Waals surface area contributed by atoms with Gasteiger partial charge in [0.25, 0.3) is 0 Å². The van der Waals surface area contributed by atoms with Crippen LogP contribution in [-0.2, 0) is 18.9 Å². The van der Waals surface area contributed by atoms with E-state index >= 15 is 0 Å². The van der Waals surface area contributed by atoms with E-state index in [9.17, 15) is 0 Å². The Morgan fingerprint density at radius 3 is 1.00 bits per heavy atom. The molecular formula is C33H56O4. The molecule has 0 aromatic rings.